The van der Waals surface area contributed by atoms with Crippen LogP contribution in [0.4, 0.5) is 0 Å². The predicted octanol–water partition coefficient (Wildman–Crippen LogP) is 3.05. The van der Waals surface area contributed by atoms with Gasteiger partial charge in [0.05, 0.1) is 5.69 Å². The molecule has 21 heavy (non-hydrogen) atoms. The van der Waals surface area contributed by atoms with Crippen molar-refractivity contribution < 1.29 is 4.74 Å². The number of hydrogen-bond donors (Lipinski definition) is 1. The number of ether oxygens (including phenoxy) is 1. The first-order valence-corrected chi connectivity index (χ1v) is 7.82. The van der Waals surface area contributed by atoms with Gasteiger partial charge in [-0.3, -0.25) is 4.98 Å². The van der Waals surface area contributed by atoms with Crippen molar-refractivity contribution >= 4 is 0 Å². The van der Waals surface area contributed by atoms with Crippen LogP contribution in [0.25, 0.3) is 0 Å². The van der Waals surface area contributed by atoms with Crippen molar-refractivity contribution in [3.63, 3.8) is 0 Å². The number of fused-ring (bicyclic) bond motifs is 2. The molecule has 0 saturated heterocycles. The number of benzene rings is 1. The molecule has 2 atom stereocenters. The topological polar surface area (TPSA) is 34.2 Å². The largest absolute Gasteiger partial charge is 0.488 e. The molecule has 3 nitrogen and oxygen atoms in total. The summed E-state index contributed by atoms with van der Waals surface area (Å²) in [5.74, 6) is 1.05. The fourth-order valence-electron chi connectivity index (χ4n) is 3.45. The summed E-state index contributed by atoms with van der Waals surface area (Å²) in [7, 11) is 0. The van der Waals surface area contributed by atoms with E-state index in [0.717, 1.165) is 25.1 Å². The van der Waals surface area contributed by atoms with Gasteiger partial charge in [0.15, 0.2) is 0 Å². The van der Waals surface area contributed by atoms with Crippen molar-refractivity contribution in [3.05, 3.63) is 59.4 Å². The molecule has 0 amide bonds. The number of nitrogens with one attached hydrogen (secondary N) is 1. The van der Waals surface area contributed by atoms with Crippen molar-refractivity contribution in [2.45, 2.75) is 37.8 Å². The standard InChI is InChI=1S/C18H20N2O/c1-2-9-17-14(5-1)11-15(21-17)12-20-16-8-3-6-13-7-4-10-19-18(13)16/h1-2,4-5,7,9-10,15-16,20H,3,6,8,11-12H2. The van der Waals surface area contributed by atoms with Crippen molar-refractivity contribution in [1.82, 2.24) is 10.3 Å². The van der Waals surface area contributed by atoms with Crippen LogP contribution < -0.4 is 10.1 Å². The van der Waals surface area contributed by atoms with Gasteiger partial charge in [-0.25, -0.2) is 0 Å². The van der Waals surface area contributed by atoms with E-state index in [9.17, 15) is 0 Å². The molecule has 0 spiro atoms. The minimum Gasteiger partial charge on any atom is -0.488 e. The van der Waals surface area contributed by atoms with Crippen LogP contribution >= 0.6 is 0 Å². The van der Waals surface area contributed by atoms with Crippen LogP contribution in [0, 0.1) is 0 Å². The minimum atomic E-state index is 0.247. The second kappa shape index (κ2) is 5.49. The lowest BCUT2D eigenvalue weighted by Gasteiger charge is -2.26. The van der Waals surface area contributed by atoms with Crippen LogP contribution in [0.2, 0.25) is 0 Å². The normalized spacial score (nSPS) is 23.2. The number of aryl methyl sites for hydroxylation is 1. The summed E-state index contributed by atoms with van der Waals surface area (Å²) in [6.07, 6.45) is 6.72. The Morgan fingerprint density at radius 1 is 1.14 bits per heavy atom. The van der Waals surface area contributed by atoms with E-state index in [1.807, 2.05) is 18.3 Å². The van der Waals surface area contributed by atoms with Crippen LogP contribution in [0.5, 0.6) is 5.75 Å². The van der Waals surface area contributed by atoms with Crippen LogP contribution in [0.15, 0.2) is 42.6 Å². The van der Waals surface area contributed by atoms with Crippen molar-refractivity contribution in [2.24, 2.45) is 0 Å². The number of pyridine rings is 1. The molecule has 3 heteroatoms. The second-order valence-electron chi connectivity index (χ2n) is 5.95. The Hall–Kier alpha value is -1.87. The first-order valence-electron chi connectivity index (χ1n) is 7.82. The van der Waals surface area contributed by atoms with E-state index in [4.69, 9.17) is 4.74 Å². The van der Waals surface area contributed by atoms with E-state index >= 15 is 0 Å². The summed E-state index contributed by atoms with van der Waals surface area (Å²) >= 11 is 0. The van der Waals surface area contributed by atoms with Gasteiger partial charge >= 0.3 is 0 Å². The smallest absolute Gasteiger partial charge is 0.123 e. The predicted molar refractivity (Wildman–Crippen MR) is 82.5 cm³/mol. The lowest BCUT2D eigenvalue weighted by Crippen LogP contribution is -2.34. The molecular weight excluding hydrogens is 260 g/mol. The summed E-state index contributed by atoms with van der Waals surface area (Å²) in [5.41, 5.74) is 3.96. The molecule has 2 aliphatic rings. The van der Waals surface area contributed by atoms with E-state index in [1.165, 1.54) is 29.7 Å². The Morgan fingerprint density at radius 2 is 2.05 bits per heavy atom. The molecule has 1 aromatic carbocycles. The zero-order valence-corrected chi connectivity index (χ0v) is 12.1. The van der Waals surface area contributed by atoms with Gasteiger partial charge in [0.1, 0.15) is 11.9 Å². The Morgan fingerprint density at radius 3 is 3.00 bits per heavy atom. The molecule has 2 unspecified atom stereocenters. The molecule has 1 aromatic heterocycles. The summed E-state index contributed by atoms with van der Waals surface area (Å²) < 4.78 is 6.00. The molecule has 1 aliphatic heterocycles. The maximum absolute atomic E-state index is 6.00. The van der Waals surface area contributed by atoms with E-state index < -0.39 is 0 Å². The van der Waals surface area contributed by atoms with E-state index in [-0.39, 0.29) is 6.10 Å². The van der Waals surface area contributed by atoms with Crippen molar-refractivity contribution in [1.29, 1.82) is 0 Å². The van der Waals surface area contributed by atoms with Crippen LogP contribution in [-0.4, -0.2) is 17.6 Å². The highest BCUT2D eigenvalue weighted by molar-refractivity contribution is 5.37. The fraction of sp³-hybridized carbons (Fsp3) is 0.389. The van der Waals surface area contributed by atoms with Crippen molar-refractivity contribution in [3.8, 4) is 5.75 Å². The Kier molecular flexibility index (Phi) is 3.36. The highest BCUT2D eigenvalue weighted by atomic mass is 16.5. The summed E-state index contributed by atoms with van der Waals surface area (Å²) in [6, 6.07) is 13.0. The summed E-state index contributed by atoms with van der Waals surface area (Å²) in [5, 5.41) is 3.67. The van der Waals surface area contributed by atoms with Crippen molar-refractivity contribution in [2.75, 3.05) is 6.54 Å². The molecule has 4 rings (SSSR count). The molecular formula is C18H20N2O. The third-order valence-electron chi connectivity index (χ3n) is 4.50. The first kappa shape index (κ1) is 12.8. The monoisotopic (exact) mass is 280 g/mol. The van der Waals surface area contributed by atoms with E-state index in [1.54, 1.807) is 0 Å². The molecule has 0 saturated carbocycles. The Bertz CT molecular complexity index is 616. The number of aromatic nitrogens is 1. The van der Waals surface area contributed by atoms with Crippen LogP contribution in [-0.2, 0) is 12.8 Å². The minimum absolute atomic E-state index is 0.247. The molecule has 108 valence electrons. The van der Waals surface area contributed by atoms with Gasteiger partial charge in [-0.05, 0) is 42.5 Å². The quantitative estimate of drug-likeness (QED) is 0.938. The average molecular weight is 280 g/mol. The summed E-state index contributed by atoms with van der Waals surface area (Å²) in [4.78, 5) is 4.58. The highest BCUT2D eigenvalue weighted by Gasteiger charge is 2.25. The fourth-order valence-corrected chi connectivity index (χ4v) is 3.45. The lowest BCUT2D eigenvalue weighted by molar-refractivity contribution is 0.218. The Labute approximate surface area is 125 Å². The zero-order valence-electron chi connectivity index (χ0n) is 12.1. The molecule has 1 aliphatic carbocycles. The zero-order chi connectivity index (χ0) is 14.1. The van der Waals surface area contributed by atoms with Gasteiger partial charge in [-0.15, -0.1) is 0 Å². The maximum Gasteiger partial charge on any atom is 0.123 e. The van der Waals surface area contributed by atoms with Gasteiger partial charge in [0.25, 0.3) is 0 Å². The van der Waals surface area contributed by atoms with Gasteiger partial charge in [0.2, 0.25) is 0 Å². The summed E-state index contributed by atoms with van der Waals surface area (Å²) in [6.45, 7) is 0.884. The number of para-hydroxylation sites is 1. The SMILES string of the molecule is c1ccc2c(c1)CC(CNC1CCCc3cccnc31)O2. The second-order valence-corrected chi connectivity index (χ2v) is 5.95. The third-order valence-corrected chi connectivity index (χ3v) is 4.50. The highest BCUT2D eigenvalue weighted by Crippen LogP contribution is 2.30. The molecule has 0 radical (unpaired) electrons. The molecule has 0 bridgehead atoms. The van der Waals surface area contributed by atoms with Gasteiger partial charge in [-0.2, -0.15) is 0 Å². The first-order chi connectivity index (χ1) is 10.4. The molecule has 1 N–H and O–H groups in total. The third kappa shape index (κ3) is 2.54. The Balaban J connectivity index is 1.41. The van der Waals surface area contributed by atoms with Gasteiger partial charge in [-0.1, -0.05) is 24.3 Å². The van der Waals surface area contributed by atoms with Gasteiger partial charge < -0.3 is 10.1 Å². The molecule has 2 aromatic rings. The van der Waals surface area contributed by atoms with Crippen LogP contribution in [0.1, 0.15) is 35.7 Å². The van der Waals surface area contributed by atoms with Gasteiger partial charge in [0, 0.05) is 25.2 Å². The average Bonchev–Trinajstić information content (AvgIpc) is 2.96. The van der Waals surface area contributed by atoms with E-state index in [2.05, 4.69) is 34.6 Å². The number of nitrogens with zero attached hydrogens (tertiary/aromatic N) is 1. The molecule has 0 fully saturated rings. The van der Waals surface area contributed by atoms with Crippen LogP contribution in [0.3, 0.4) is 0 Å². The number of rotatable bonds is 3. The van der Waals surface area contributed by atoms with E-state index in [0.29, 0.717) is 6.04 Å². The lowest BCUT2D eigenvalue weighted by atomic mass is 9.92. The number of hydrogen-bond acceptors (Lipinski definition) is 3. The molecule has 2 heterocycles. The maximum atomic E-state index is 6.00.